The Bertz CT molecular complexity index is 421. The number of rotatable bonds is 1. The molecule has 2 aliphatic rings. The summed E-state index contributed by atoms with van der Waals surface area (Å²) in [5, 5.41) is 3.03. The highest BCUT2D eigenvalue weighted by Crippen LogP contribution is 2.51. The highest BCUT2D eigenvalue weighted by atomic mass is 16.5. The lowest BCUT2D eigenvalue weighted by atomic mass is 10.0. The lowest BCUT2D eigenvalue weighted by Crippen LogP contribution is -2.25. The largest absolute Gasteiger partial charge is 0.496 e. The Hall–Kier alpha value is -1.51. The first-order valence-corrected chi connectivity index (χ1v) is 4.77. The normalized spacial score (nSPS) is 20.5. The van der Waals surface area contributed by atoms with E-state index in [1.165, 1.54) is 0 Å². The van der Waals surface area contributed by atoms with Crippen LogP contribution in [0.25, 0.3) is 0 Å². The van der Waals surface area contributed by atoms with Gasteiger partial charge in [-0.15, -0.1) is 0 Å². The van der Waals surface area contributed by atoms with E-state index < -0.39 is 0 Å². The van der Waals surface area contributed by atoms with E-state index in [1.807, 2.05) is 18.2 Å². The number of fused-ring (bicyclic) bond motifs is 2. The van der Waals surface area contributed by atoms with Crippen LogP contribution in [0.3, 0.4) is 0 Å². The number of carbonyl (C=O) groups excluding carboxylic acids is 1. The highest BCUT2D eigenvalue weighted by molar-refractivity contribution is 6.03. The zero-order valence-electron chi connectivity index (χ0n) is 7.96. The maximum absolute atomic E-state index is 11.7. The fraction of sp³-hybridized carbons (Fsp3) is 0.364. The Kier molecular flexibility index (Phi) is 1.29. The van der Waals surface area contributed by atoms with Crippen molar-refractivity contribution in [2.45, 2.75) is 18.4 Å². The van der Waals surface area contributed by atoms with Crippen LogP contribution in [0.5, 0.6) is 5.75 Å². The summed E-state index contributed by atoms with van der Waals surface area (Å²) in [6.07, 6.45) is 2.11. The van der Waals surface area contributed by atoms with Gasteiger partial charge < -0.3 is 10.1 Å². The Labute approximate surface area is 82.1 Å². The van der Waals surface area contributed by atoms with E-state index in [9.17, 15) is 4.79 Å². The summed E-state index contributed by atoms with van der Waals surface area (Å²) in [5.74, 6) is 0.693. The Morgan fingerprint density at radius 3 is 2.86 bits per heavy atom. The maximum atomic E-state index is 11.7. The topological polar surface area (TPSA) is 38.3 Å². The molecule has 0 bridgehead atoms. The summed E-state index contributed by atoms with van der Waals surface area (Å²) in [7, 11) is 1.60. The molecule has 0 unspecified atom stereocenters. The van der Waals surface area contributed by atoms with Gasteiger partial charge in [-0.25, -0.2) is 0 Å². The second-order valence-electron chi connectivity index (χ2n) is 3.92. The summed E-state index contributed by atoms with van der Waals surface area (Å²) >= 11 is 0. The first kappa shape index (κ1) is 7.85. The molecule has 3 rings (SSSR count). The minimum atomic E-state index is -0.0407. The van der Waals surface area contributed by atoms with Gasteiger partial charge in [-0.05, 0) is 24.5 Å². The lowest BCUT2D eigenvalue weighted by Gasteiger charge is -2.07. The molecule has 3 heteroatoms. The third kappa shape index (κ3) is 0.794. The van der Waals surface area contributed by atoms with Gasteiger partial charge in [0.15, 0.2) is 0 Å². The fourth-order valence-electron chi connectivity index (χ4n) is 2.20. The number of amides is 1. The molecule has 1 N–H and O–H groups in total. The van der Waals surface area contributed by atoms with Crippen LogP contribution in [0.1, 0.15) is 28.8 Å². The quantitative estimate of drug-likeness (QED) is 0.725. The Balaban J connectivity index is 2.25. The standard InChI is InChI=1S/C11H11NO2/c1-14-8-4-2-3-7-9(8)10(13)12-11(7)5-6-11/h2-4H,5-6H2,1H3,(H,12,13). The van der Waals surface area contributed by atoms with E-state index in [0.29, 0.717) is 5.75 Å². The van der Waals surface area contributed by atoms with Crippen molar-refractivity contribution >= 4 is 5.91 Å². The maximum Gasteiger partial charge on any atom is 0.256 e. The number of carbonyl (C=O) groups is 1. The molecule has 0 radical (unpaired) electrons. The molecule has 1 aromatic rings. The van der Waals surface area contributed by atoms with Crippen LogP contribution in [-0.4, -0.2) is 13.0 Å². The second-order valence-corrected chi connectivity index (χ2v) is 3.92. The van der Waals surface area contributed by atoms with E-state index in [-0.39, 0.29) is 11.4 Å². The average Bonchev–Trinajstić information content (AvgIpc) is 2.91. The first-order chi connectivity index (χ1) is 6.77. The summed E-state index contributed by atoms with van der Waals surface area (Å²) in [5.41, 5.74) is 1.80. The van der Waals surface area contributed by atoms with Crippen LogP contribution >= 0.6 is 0 Å². The van der Waals surface area contributed by atoms with Crippen LogP contribution in [0, 0.1) is 0 Å². The molecule has 1 aliphatic heterocycles. The number of hydrogen-bond donors (Lipinski definition) is 1. The van der Waals surface area contributed by atoms with Crippen molar-refractivity contribution in [2.75, 3.05) is 7.11 Å². The molecule has 14 heavy (non-hydrogen) atoms. The van der Waals surface area contributed by atoms with Gasteiger partial charge in [0.25, 0.3) is 5.91 Å². The molecular weight excluding hydrogens is 178 g/mol. The fourth-order valence-corrected chi connectivity index (χ4v) is 2.20. The van der Waals surface area contributed by atoms with Crippen LogP contribution in [0.4, 0.5) is 0 Å². The number of nitrogens with one attached hydrogen (secondary N) is 1. The molecule has 1 heterocycles. The van der Waals surface area contributed by atoms with Gasteiger partial charge in [0.2, 0.25) is 0 Å². The molecule has 1 spiro atoms. The number of methoxy groups -OCH3 is 1. The molecule has 0 aromatic heterocycles. The van der Waals surface area contributed by atoms with E-state index in [4.69, 9.17) is 4.74 Å². The monoisotopic (exact) mass is 189 g/mol. The van der Waals surface area contributed by atoms with Crippen LogP contribution in [-0.2, 0) is 5.54 Å². The molecule has 1 saturated carbocycles. The average molecular weight is 189 g/mol. The summed E-state index contributed by atoms with van der Waals surface area (Å²) < 4.78 is 5.19. The van der Waals surface area contributed by atoms with Gasteiger partial charge in [0.1, 0.15) is 5.75 Å². The summed E-state index contributed by atoms with van der Waals surface area (Å²) in [4.78, 5) is 11.7. The minimum Gasteiger partial charge on any atom is -0.496 e. The smallest absolute Gasteiger partial charge is 0.256 e. The van der Waals surface area contributed by atoms with E-state index in [2.05, 4.69) is 5.32 Å². The molecule has 0 saturated heterocycles. The van der Waals surface area contributed by atoms with Crippen LogP contribution in [0.15, 0.2) is 18.2 Å². The zero-order chi connectivity index (χ0) is 9.76. The molecule has 72 valence electrons. The molecule has 0 atom stereocenters. The zero-order valence-corrected chi connectivity index (χ0v) is 7.96. The third-order valence-corrected chi connectivity index (χ3v) is 3.09. The molecular formula is C11H11NO2. The minimum absolute atomic E-state index is 0.00921. The molecule has 1 fully saturated rings. The van der Waals surface area contributed by atoms with Gasteiger partial charge in [-0.3, -0.25) is 4.79 Å². The van der Waals surface area contributed by atoms with Crippen LogP contribution < -0.4 is 10.1 Å². The van der Waals surface area contributed by atoms with Gasteiger partial charge in [-0.1, -0.05) is 12.1 Å². The van der Waals surface area contributed by atoms with Crippen molar-refractivity contribution in [3.05, 3.63) is 29.3 Å². The predicted molar refractivity (Wildman–Crippen MR) is 51.4 cm³/mol. The number of hydrogen-bond acceptors (Lipinski definition) is 2. The summed E-state index contributed by atoms with van der Waals surface area (Å²) in [6, 6.07) is 5.79. The van der Waals surface area contributed by atoms with Crippen molar-refractivity contribution in [3.63, 3.8) is 0 Å². The van der Waals surface area contributed by atoms with Gasteiger partial charge in [0, 0.05) is 0 Å². The van der Waals surface area contributed by atoms with Gasteiger partial charge >= 0.3 is 0 Å². The first-order valence-electron chi connectivity index (χ1n) is 4.77. The predicted octanol–water partition coefficient (Wildman–Crippen LogP) is 1.43. The number of benzene rings is 1. The SMILES string of the molecule is COc1cccc2c1C(=O)NC21CC1. The van der Waals surface area contributed by atoms with Crippen molar-refractivity contribution in [2.24, 2.45) is 0 Å². The van der Waals surface area contributed by atoms with Crippen molar-refractivity contribution < 1.29 is 9.53 Å². The molecule has 1 amide bonds. The van der Waals surface area contributed by atoms with Crippen molar-refractivity contribution in [3.8, 4) is 5.75 Å². The van der Waals surface area contributed by atoms with Crippen molar-refractivity contribution in [1.29, 1.82) is 0 Å². The molecule has 1 aromatic carbocycles. The molecule has 1 aliphatic carbocycles. The Morgan fingerprint density at radius 2 is 2.21 bits per heavy atom. The van der Waals surface area contributed by atoms with Crippen LogP contribution in [0.2, 0.25) is 0 Å². The van der Waals surface area contributed by atoms with Gasteiger partial charge in [0.05, 0.1) is 18.2 Å². The van der Waals surface area contributed by atoms with E-state index in [1.54, 1.807) is 7.11 Å². The highest BCUT2D eigenvalue weighted by Gasteiger charge is 2.52. The van der Waals surface area contributed by atoms with Gasteiger partial charge in [-0.2, -0.15) is 0 Å². The van der Waals surface area contributed by atoms with Crippen molar-refractivity contribution in [1.82, 2.24) is 5.32 Å². The molecule has 3 nitrogen and oxygen atoms in total. The van der Waals surface area contributed by atoms with E-state index >= 15 is 0 Å². The number of ether oxygens (including phenoxy) is 1. The second kappa shape index (κ2) is 2.29. The van der Waals surface area contributed by atoms with E-state index in [0.717, 1.165) is 24.0 Å². The Morgan fingerprint density at radius 1 is 1.43 bits per heavy atom. The summed E-state index contributed by atoms with van der Waals surface area (Å²) in [6.45, 7) is 0. The lowest BCUT2D eigenvalue weighted by molar-refractivity contribution is 0.0950. The third-order valence-electron chi connectivity index (χ3n) is 3.09.